The molecule has 0 aliphatic rings. The fourth-order valence-electron chi connectivity index (χ4n) is 1.38. The number of aromatic nitrogens is 4. The third kappa shape index (κ3) is 3.67. The fourth-order valence-corrected chi connectivity index (χ4v) is 1.38. The van der Waals surface area contributed by atoms with E-state index in [0.29, 0.717) is 19.5 Å². The summed E-state index contributed by atoms with van der Waals surface area (Å²) in [5.74, 6) is -0.00986. The van der Waals surface area contributed by atoms with Crippen LogP contribution in [0.3, 0.4) is 0 Å². The van der Waals surface area contributed by atoms with Gasteiger partial charge in [-0.3, -0.25) is 4.79 Å². The van der Waals surface area contributed by atoms with Gasteiger partial charge in [0.2, 0.25) is 5.91 Å². The van der Waals surface area contributed by atoms with E-state index in [1.165, 1.54) is 11.0 Å². The summed E-state index contributed by atoms with van der Waals surface area (Å²) >= 11 is 0. The zero-order chi connectivity index (χ0) is 11.9. The molecular weight excluding hydrogens is 218 g/mol. The molecule has 0 bridgehead atoms. The maximum absolute atomic E-state index is 11.5. The third-order valence-electron chi connectivity index (χ3n) is 2.29. The van der Waals surface area contributed by atoms with Crippen molar-refractivity contribution in [1.29, 1.82) is 0 Å². The van der Waals surface area contributed by atoms with Crippen molar-refractivity contribution in [1.82, 2.24) is 25.5 Å². The zero-order valence-electron chi connectivity index (χ0n) is 9.28. The number of aryl methyl sites for hydroxylation is 1. The Bertz CT molecular complexity index is 454. The van der Waals surface area contributed by atoms with Crippen LogP contribution in [0.5, 0.6) is 0 Å². The highest BCUT2D eigenvalue weighted by Crippen LogP contribution is 1.97. The van der Waals surface area contributed by atoms with Gasteiger partial charge in [-0.15, -0.1) is 5.10 Å². The molecule has 1 amide bonds. The van der Waals surface area contributed by atoms with Gasteiger partial charge in [0, 0.05) is 13.0 Å². The van der Waals surface area contributed by atoms with Gasteiger partial charge in [-0.05, 0) is 16.0 Å². The average Bonchev–Trinajstić information content (AvgIpc) is 2.88. The van der Waals surface area contributed by atoms with E-state index in [-0.39, 0.29) is 5.91 Å². The average molecular weight is 231 g/mol. The lowest BCUT2D eigenvalue weighted by molar-refractivity contribution is -0.121. The minimum Gasteiger partial charge on any atom is -0.352 e. The van der Waals surface area contributed by atoms with Crippen LogP contribution in [-0.2, 0) is 17.9 Å². The molecule has 0 spiro atoms. The molecule has 0 unspecified atom stereocenters. The van der Waals surface area contributed by atoms with Crippen molar-refractivity contribution in [3.63, 3.8) is 0 Å². The molecule has 0 radical (unpaired) electrons. The van der Waals surface area contributed by atoms with Gasteiger partial charge in [0.1, 0.15) is 6.33 Å². The number of hydrogen-bond acceptors (Lipinski definition) is 4. The van der Waals surface area contributed by atoms with Crippen LogP contribution >= 0.6 is 0 Å². The predicted molar refractivity (Wildman–Crippen MR) is 60.7 cm³/mol. The SMILES string of the molecule is O=C(CCn1cnnn1)NCc1ccccc1. The third-order valence-corrected chi connectivity index (χ3v) is 2.29. The lowest BCUT2D eigenvalue weighted by atomic mass is 10.2. The Labute approximate surface area is 98.6 Å². The molecule has 0 aliphatic heterocycles. The van der Waals surface area contributed by atoms with Gasteiger partial charge < -0.3 is 5.32 Å². The van der Waals surface area contributed by atoms with E-state index in [0.717, 1.165) is 5.56 Å². The first-order valence-electron chi connectivity index (χ1n) is 5.36. The van der Waals surface area contributed by atoms with Crippen molar-refractivity contribution in [3.8, 4) is 0 Å². The Morgan fingerprint density at radius 1 is 1.29 bits per heavy atom. The highest BCUT2D eigenvalue weighted by Gasteiger charge is 2.02. The Morgan fingerprint density at radius 2 is 2.12 bits per heavy atom. The van der Waals surface area contributed by atoms with Crippen LogP contribution in [-0.4, -0.2) is 26.1 Å². The normalized spacial score (nSPS) is 10.1. The molecule has 1 heterocycles. The molecule has 6 heteroatoms. The van der Waals surface area contributed by atoms with Crippen molar-refractivity contribution < 1.29 is 4.79 Å². The van der Waals surface area contributed by atoms with Crippen LogP contribution in [0, 0.1) is 0 Å². The van der Waals surface area contributed by atoms with Crippen molar-refractivity contribution >= 4 is 5.91 Å². The van der Waals surface area contributed by atoms with Gasteiger partial charge in [0.05, 0.1) is 6.54 Å². The monoisotopic (exact) mass is 231 g/mol. The Kier molecular flexibility index (Phi) is 3.80. The smallest absolute Gasteiger partial charge is 0.222 e. The molecule has 1 N–H and O–H groups in total. The number of nitrogens with one attached hydrogen (secondary N) is 1. The summed E-state index contributed by atoms with van der Waals surface area (Å²) in [4.78, 5) is 11.5. The van der Waals surface area contributed by atoms with E-state index >= 15 is 0 Å². The first-order chi connectivity index (χ1) is 8.34. The molecule has 1 aromatic heterocycles. The summed E-state index contributed by atoms with van der Waals surface area (Å²) in [6, 6.07) is 9.79. The van der Waals surface area contributed by atoms with Crippen LogP contribution in [0.15, 0.2) is 36.7 Å². The quantitative estimate of drug-likeness (QED) is 0.807. The van der Waals surface area contributed by atoms with Gasteiger partial charge in [-0.25, -0.2) is 4.68 Å². The largest absolute Gasteiger partial charge is 0.352 e. The van der Waals surface area contributed by atoms with E-state index in [9.17, 15) is 4.79 Å². The number of nitrogens with zero attached hydrogens (tertiary/aromatic N) is 4. The number of carbonyl (C=O) groups is 1. The number of tetrazole rings is 1. The topological polar surface area (TPSA) is 72.7 Å². The number of hydrogen-bond donors (Lipinski definition) is 1. The van der Waals surface area contributed by atoms with E-state index in [1.54, 1.807) is 0 Å². The molecule has 0 saturated heterocycles. The fraction of sp³-hybridized carbons (Fsp3) is 0.273. The maximum Gasteiger partial charge on any atom is 0.222 e. The predicted octanol–water partition coefficient (Wildman–Crippen LogP) is 0.380. The number of carbonyl (C=O) groups excluding carboxylic acids is 1. The first-order valence-corrected chi connectivity index (χ1v) is 5.36. The van der Waals surface area contributed by atoms with E-state index in [2.05, 4.69) is 20.8 Å². The second-order valence-electron chi connectivity index (χ2n) is 3.59. The van der Waals surface area contributed by atoms with Crippen LogP contribution in [0.25, 0.3) is 0 Å². The van der Waals surface area contributed by atoms with Gasteiger partial charge in [0.25, 0.3) is 0 Å². The van der Waals surface area contributed by atoms with Gasteiger partial charge in [-0.1, -0.05) is 30.3 Å². The summed E-state index contributed by atoms with van der Waals surface area (Å²) in [6.45, 7) is 1.04. The Hall–Kier alpha value is -2.24. The summed E-state index contributed by atoms with van der Waals surface area (Å²) in [5, 5.41) is 13.5. The van der Waals surface area contributed by atoms with Crippen LogP contribution in [0.2, 0.25) is 0 Å². The molecule has 2 rings (SSSR count). The highest BCUT2D eigenvalue weighted by molar-refractivity contribution is 5.75. The molecule has 0 atom stereocenters. The number of rotatable bonds is 5. The van der Waals surface area contributed by atoms with E-state index in [1.807, 2.05) is 30.3 Å². The Balaban J connectivity index is 1.71. The molecule has 6 nitrogen and oxygen atoms in total. The summed E-state index contributed by atoms with van der Waals surface area (Å²) in [6.07, 6.45) is 1.86. The molecule has 0 saturated carbocycles. The van der Waals surface area contributed by atoms with Crippen molar-refractivity contribution in [2.75, 3.05) is 0 Å². The summed E-state index contributed by atoms with van der Waals surface area (Å²) in [7, 11) is 0. The number of amides is 1. The van der Waals surface area contributed by atoms with Crippen LogP contribution in [0.4, 0.5) is 0 Å². The molecule has 0 aliphatic carbocycles. The minimum absolute atomic E-state index is 0.00986. The molecular formula is C11H13N5O. The second-order valence-corrected chi connectivity index (χ2v) is 3.59. The summed E-state index contributed by atoms with van der Waals surface area (Å²) < 4.78 is 1.53. The zero-order valence-corrected chi connectivity index (χ0v) is 9.28. The molecule has 1 aromatic carbocycles. The van der Waals surface area contributed by atoms with Crippen LogP contribution in [0.1, 0.15) is 12.0 Å². The second kappa shape index (κ2) is 5.74. The lowest BCUT2D eigenvalue weighted by Gasteiger charge is -2.04. The minimum atomic E-state index is -0.00986. The van der Waals surface area contributed by atoms with Crippen molar-refractivity contribution in [3.05, 3.63) is 42.2 Å². The molecule has 2 aromatic rings. The van der Waals surface area contributed by atoms with Gasteiger partial charge in [0.15, 0.2) is 0 Å². The molecule has 88 valence electrons. The van der Waals surface area contributed by atoms with Crippen LogP contribution < -0.4 is 5.32 Å². The maximum atomic E-state index is 11.5. The molecule has 17 heavy (non-hydrogen) atoms. The van der Waals surface area contributed by atoms with Crippen molar-refractivity contribution in [2.45, 2.75) is 19.5 Å². The Morgan fingerprint density at radius 3 is 2.82 bits per heavy atom. The summed E-state index contributed by atoms with van der Waals surface area (Å²) in [5.41, 5.74) is 1.09. The van der Waals surface area contributed by atoms with Crippen molar-refractivity contribution in [2.24, 2.45) is 0 Å². The van der Waals surface area contributed by atoms with E-state index < -0.39 is 0 Å². The number of benzene rings is 1. The highest BCUT2D eigenvalue weighted by atomic mass is 16.1. The standard InChI is InChI=1S/C11H13N5O/c17-11(6-7-16-9-13-14-15-16)12-8-10-4-2-1-3-5-10/h1-5,9H,6-8H2,(H,12,17). The van der Waals surface area contributed by atoms with Gasteiger partial charge >= 0.3 is 0 Å². The molecule has 0 fully saturated rings. The first kappa shape index (κ1) is 11.3. The van der Waals surface area contributed by atoms with E-state index in [4.69, 9.17) is 0 Å². The van der Waals surface area contributed by atoms with Gasteiger partial charge in [-0.2, -0.15) is 0 Å². The lowest BCUT2D eigenvalue weighted by Crippen LogP contribution is -2.24.